The van der Waals surface area contributed by atoms with E-state index in [2.05, 4.69) is 20.6 Å². The molecule has 0 aliphatic carbocycles. The summed E-state index contributed by atoms with van der Waals surface area (Å²) < 4.78 is 10.4. The molecule has 0 aliphatic heterocycles. The lowest BCUT2D eigenvalue weighted by Gasteiger charge is -2.09. The number of benzene rings is 1. The van der Waals surface area contributed by atoms with Crippen molar-refractivity contribution in [3.63, 3.8) is 0 Å². The van der Waals surface area contributed by atoms with Crippen LogP contribution in [-0.2, 0) is 24.2 Å². The monoisotopic (exact) mass is 442 g/mol. The van der Waals surface area contributed by atoms with Crippen molar-refractivity contribution in [3.05, 3.63) is 63.4 Å². The first-order chi connectivity index (χ1) is 15.1. The molecule has 3 rings (SSSR count). The quantitative estimate of drug-likeness (QED) is 0.413. The zero-order valence-corrected chi connectivity index (χ0v) is 18.6. The Morgan fingerprint density at radius 1 is 1.16 bits per heavy atom. The molecule has 2 heterocycles. The fraction of sp³-hybridized carbons (Fsp3) is 0.318. The molecule has 2 aromatic heterocycles. The number of nitrogens with zero attached hydrogens (tertiary/aromatic N) is 1. The van der Waals surface area contributed by atoms with E-state index in [-0.39, 0.29) is 12.5 Å². The Hall–Kier alpha value is -3.33. The van der Waals surface area contributed by atoms with Gasteiger partial charge in [0.05, 0.1) is 32.4 Å². The first-order valence-corrected chi connectivity index (χ1v) is 10.9. The average Bonchev–Trinajstić information content (AvgIpc) is 3.44. The molecule has 3 N–H and O–H groups in total. The van der Waals surface area contributed by atoms with E-state index in [1.165, 1.54) is 11.3 Å². The van der Waals surface area contributed by atoms with Gasteiger partial charge in [0.25, 0.3) is 5.91 Å². The molecule has 0 saturated heterocycles. The van der Waals surface area contributed by atoms with E-state index < -0.39 is 5.97 Å². The van der Waals surface area contributed by atoms with Gasteiger partial charge in [0, 0.05) is 23.0 Å². The van der Waals surface area contributed by atoms with Crippen molar-refractivity contribution >= 4 is 28.9 Å². The molecule has 0 radical (unpaired) electrons. The van der Waals surface area contributed by atoms with Crippen LogP contribution >= 0.6 is 11.3 Å². The van der Waals surface area contributed by atoms with Gasteiger partial charge in [-0.15, -0.1) is 11.3 Å². The van der Waals surface area contributed by atoms with Gasteiger partial charge >= 0.3 is 5.97 Å². The highest BCUT2D eigenvalue weighted by molar-refractivity contribution is 7.09. The maximum Gasteiger partial charge on any atom is 0.340 e. The summed E-state index contributed by atoms with van der Waals surface area (Å²) in [5.41, 5.74) is 2.88. The highest BCUT2D eigenvalue weighted by Gasteiger charge is 2.26. The van der Waals surface area contributed by atoms with Crippen LogP contribution in [0.5, 0.6) is 5.75 Å². The molecule has 1 aromatic carbocycles. The molecule has 0 fully saturated rings. The van der Waals surface area contributed by atoms with Crippen LogP contribution in [-0.4, -0.2) is 35.6 Å². The fourth-order valence-electron chi connectivity index (χ4n) is 3.21. The molecule has 164 valence electrons. The molecule has 0 saturated carbocycles. The largest absolute Gasteiger partial charge is 0.497 e. The van der Waals surface area contributed by atoms with Crippen LogP contribution in [0.4, 0.5) is 5.69 Å². The van der Waals surface area contributed by atoms with Gasteiger partial charge < -0.3 is 25.1 Å². The molecule has 1 amide bonds. The van der Waals surface area contributed by atoms with Crippen molar-refractivity contribution in [3.8, 4) is 5.75 Å². The highest BCUT2D eigenvalue weighted by atomic mass is 32.1. The second-order valence-electron chi connectivity index (χ2n) is 6.60. The van der Waals surface area contributed by atoms with Gasteiger partial charge in [-0.25, -0.2) is 9.78 Å². The summed E-state index contributed by atoms with van der Waals surface area (Å²) in [6.45, 7) is 4.57. The molecule has 0 spiro atoms. The van der Waals surface area contributed by atoms with Crippen molar-refractivity contribution in [2.24, 2.45) is 0 Å². The molecule has 0 bridgehead atoms. The molecule has 0 unspecified atom stereocenters. The molecule has 0 aliphatic rings. The summed E-state index contributed by atoms with van der Waals surface area (Å²) >= 11 is 1.47. The van der Waals surface area contributed by atoms with Gasteiger partial charge in [-0.05, 0) is 43.2 Å². The van der Waals surface area contributed by atoms with E-state index in [4.69, 9.17) is 9.47 Å². The number of carbonyl (C=O) groups is 2. The Labute approximate surface area is 185 Å². The number of methoxy groups -OCH3 is 1. The minimum atomic E-state index is -0.443. The summed E-state index contributed by atoms with van der Waals surface area (Å²) in [6, 6.07) is 7.46. The van der Waals surface area contributed by atoms with Gasteiger partial charge in [-0.2, -0.15) is 0 Å². The second kappa shape index (κ2) is 10.6. The topological polar surface area (TPSA) is 105 Å². The van der Waals surface area contributed by atoms with Gasteiger partial charge in [0.1, 0.15) is 16.5 Å². The molecular weight excluding hydrogens is 416 g/mol. The van der Waals surface area contributed by atoms with E-state index in [1.807, 2.05) is 36.6 Å². The Morgan fingerprint density at radius 3 is 2.55 bits per heavy atom. The predicted octanol–water partition coefficient (Wildman–Crippen LogP) is 3.76. The van der Waals surface area contributed by atoms with E-state index >= 15 is 0 Å². The number of ether oxygens (including phenoxy) is 2. The van der Waals surface area contributed by atoms with Gasteiger partial charge in [-0.1, -0.05) is 6.92 Å². The third kappa shape index (κ3) is 5.43. The van der Waals surface area contributed by atoms with E-state index in [0.717, 1.165) is 16.4 Å². The van der Waals surface area contributed by atoms with Crippen LogP contribution in [0, 0.1) is 0 Å². The van der Waals surface area contributed by atoms with Crippen LogP contribution in [0.25, 0.3) is 0 Å². The number of thiazole rings is 1. The predicted molar refractivity (Wildman–Crippen MR) is 120 cm³/mol. The van der Waals surface area contributed by atoms with Gasteiger partial charge in [0.15, 0.2) is 0 Å². The zero-order chi connectivity index (χ0) is 22.2. The van der Waals surface area contributed by atoms with E-state index in [9.17, 15) is 9.59 Å². The van der Waals surface area contributed by atoms with Crippen molar-refractivity contribution in [1.82, 2.24) is 15.3 Å². The van der Waals surface area contributed by atoms with Crippen LogP contribution in [0.2, 0.25) is 0 Å². The van der Waals surface area contributed by atoms with Gasteiger partial charge in [-0.3, -0.25) is 4.79 Å². The molecular formula is C22H26N4O4S. The maximum atomic E-state index is 12.9. The van der Waals surface area contributed by atoms with Crippen molar-refractivity contribution in [2.45, 2.75) is 33.4 Å². The minimum Gasteiger partial charge on any atom is -0.497 e. The lowest BCUT2D eigenvalue weighted by atomic mass is 10.1. The average molecular weight is 443 g/mol. The van der Waals surface area contributed by atoms with Crippen molar-refractivity contribution in [1.29, 1.82) is 0 Å². The smallest absolute Gasteiger partial charge is 0.340 e. The number of hydrogen-bond donors (Lipinski definition) is 3. The third-order valence-corrected chi connectivity index (χ3v) is 5.46. The normalized spacial score (nSPS) is 10.5. The van der Waals surface area contributed by atoms with Crippen LogP contribution < -0.4 is 15.4 Å². The number of carbonyl (C=O) groups excluding carboxylic acids is 2. The lowest BCUT2D eigenvalue weighted by Crippen LogP contribution is -2.24. The Bertz CT molecular complexity index is 1010. The van der Waals surface area contributed by atoms with Crippen molar-refractivity contribution in [2.75, 3.05) is 19.0 Å². The number of aromatic nitrogens is 2. The summed E-state index contributed by atoms with van der Waals surface area (Å²) in [7, 11) is 1.61. The Balaban J connectivity index is 1.84. The van der Waals surface area contributed by atoms with Crippen molar-refractivity contribution < 1.29 is 19.1 Å². The summed E-state index contributed by atoms with van der Waals surface area (Å²) in [5, 5.41) is 8.80. The molecule has 8 nitrogen and oxygen atoms in total. The zero-order valence-electron chi connectivity index (χ0n) is 17.8. The number of H-pyrrole nitrogens is 1. The molecule has 31 heavy (non-hydrogen) atoms. The number of anilines is 1. The van der Waals surface area contributed by atoms with E-state index in [0.29, 0.717) is 42.0 Å². The van der Waals surface area contributed by atoms with Crippen LogP contribution in [0.1, 0.15) is 51.0 Å². The van der Waals surface area contributed by atoms with Crippen LogP contribution in [0.15, 0.2) is 35.8 Å². The van der Waals surface area contributed by atoms with E-state index in [1.54, 1.807) is 20.2 Å². The molecule has 3 aromatic rings. The number of esters is 1. The number of rotatable bonds is 10. The second-order valence-corrected chi connectivity index (χ2v) is 7.58. The SMILES string of the molecule is CCOC(=O)c1c(CNc2ccc(OC)cc2)[nH]c(C(=O)NCc2nccs2)c1CC. The highest BCUT2D eigenvalue weighted by Crippen LogP contribution is 2.23. The number of nitrogens with one attached hydrogen (secondary N) is 3. The standard InChI is InChI=1S/C22H26N4O4S/c1-4-16-19(22(28)30-5-2)17(12-24-14-6-8-15(29-3)9-7-14)26-20(16)21(27)25-13-18-23-10-11-31-18/h6-11,24,26H,4-5,12-13H2,1-3H3,(H,25,27). The first-order valence-electron chi connectivity index (χ1n) is 10.0. The third-order valence-electron chi connectivity index (χ3n) is 4.68. The van der Waals surface area contributed by atoms with Gasteiger partial charge in [0.2, 0.25) is 0 Å². The summed E-state index contributed by atoms with van der Waals surface area (Å²) in [5.74, 6) is 0.0273. The van der Waals surface area contributed by atoms with Crippen LogP contribution in [0.3, 0.4) is 0 Å². The number of hydrogen-bond acceptors (Lipinski definition) is 7. The molecule has 0 atom stereocenters. The first kappa shape index (κ1) is 22.4. The minimum absolute atomic E-state index is 0.254. The maximum absolute atomic E-state index is 12.9. The Morgan fingerprint density at radius 2 is 1.94 bits per heavy atom. The fourth-order valence-corrected chi connectivity index (χ4v) is 3.77. The molecule has 9 heteroatoms. The lowest BCUT2D eigenvalue weighted by molar-refractivity contribution is 0.0524. The summed E-state index contributed by atoms with van der Waals surface area (Å²) in [6.07, 6.45) is 2.20. The summed E-state index contributed by atoms with van der Waals surface area (Å²) in [4.78, 5) is 32.9. The number of amides is 1. The Kier molecular flexibility index (Phi) is 7.66. The number of aromatic amines is 1.